The fourth-order valence-electron chi connectivity index (χ4n) is 2.42. The van der Waals surface area contributed by atoms with Crippen LogP contribution in [0.1, 0.15) is 16.1 Å². The molecule has 26 heavy (non-hydrogen) atoms. The van der Waals surface area contributed by atoms with Crippen molar-refractivity contribution >= 4 is 21.6 Å². The number of hydrogen-bond donors (Lipinski definition) is 1. The zero-order chi connectivity index (χ0) is 18.6. The molecule has 0 unspecified atom stereocenters. The van der Waals surface area contributed by atoms with Crippen molar-refractivity contribution in [2.75, 3.05) is 11.4 Å². The second-order valence-electron chi connectivity index (χ2n) is 5.60. The largest absolute Gasteiger partial charge is 0.467 e. The molecule has 0 aliphatic heterocycles. The van der Waals surface area contributed by atoms with E-state index in [1.165, 1.54) is 29.7 Å². The maximum atomic E-state index is 12.8. The molecule has 3 aromatic rings. The maximum Gasteiger partial charge on any atom is 0.264 e. The first-order chi connectivity index (χ1) is 12.5. The molecule has 0 aliphatic carbocycles. The fraction of sp³-hybridized carbons (Fsp3) is 0.105. The number of carbonyl (C=O) groups is 1. The molecule has 3 rings (SSSR count). The van der Waals surface area contributed by atoms with E-state index in [9.17, 15) is 13.2 Å². The van der Waals surface area contributed by atoms with E-state index in [1.54, 1.807) is 48.5 Å². The van der Waals surface area contributed by atoms with Gasteiger partial charge in [0, 0.05) is 12.6 Å². The van der Waals surface area contributed by atoms with Gasteiger partial charge in [0.15, 0.2) is 0 Å². The average Bonchev–Trinajstić information content (AvgIpc) is 3.20. The molecule has 0 saturated heterocycles. The summed E-state index contributed by atoms with van der Waals surface area (Å²) in [6.45, 7) is 0.229. The summed E-state index contributed by atoms with van der Waals surface area (Å²) in [7, 11) is -2.29. The molecule has 7 heteroatoms. The minimum absolute atomic E-state index is 0.0505. The number of rotatable bonds is 6. The molecule has 0 bridgehead atoms. The van der Waals surface area contributed by atoms with Crippen molar-refractivity contribution in [1.82, 2.24) is 5.32 Å². The lowest BCUT2D eigenvalue weighted by atomic mass is 10.2. The molecule has 6 nitrogen and oxygen atoms in total. The Kier molecular flexibility index (Phi) is 5.09. The minimum Gasteiger partial charge on any atom is -0.467 e. The van der Waals surface area contributed by atoms with Crippen molar-refractivity contribution in [1.29, 1.82) is 0 Å². The monoisotopic (exact) mass is 370 g/mol. The topological polar surface area (TPSA) is 79.6 Å². The van der Waals surface area contributed by atoms with Gasteiger partial charge in [0.05, 0.1) is 23.4 Å². The molecule has 0 saturated carbocycles. The quantitative estimate of drug-likeness (QED) is 0.723. The summed E-state index contributed by atoms with van der Waals surface area (Å²) in [4.78, 5) is 12.3. The second-order valence-corrected chi connectivity index (χ2v) is 7.57. The Morgan fingerprint density at radius 2 is 1.81 bits per heavy atom. The normalized spacial score (nSPS) is 11.1. The molecule has 2 aromatic carbocycles. The molecule has 0 radical (unpaired) electrons. The number of furan rings is 1. The molecular formula is C19H18N2O4S. The van der Waals surface area contributed by atoms with Gasteiger partial charge in [-0.3, -0.25) is 9.10 Å². The molecule has 1 N–H and O–H groups in total. The van der Waals surface area contributed by atoms with Crippen molar-refractivity contribution in [2.24, 2.45) is 0 Å². The van der Waals surface area contributed by atoms with Crippen LogP contribution in [0.5, 0.6) is 0 Å². The number of anilines is 1. The highest BCUT2D eigenvalue weighted by Crippen LogP contribution is 2.22. The lowest BCUT2D eigenvalue weighted by Crippen LogP contribution is -2.27. The lowest BCUT2D eigenvalue weighted by Gasteiger charge is -2.19. The average molecular weight is 370 g/mol. The molecule has 0 atom stereocenters. The number of para-hydroxylation sites is 1. The van der Waals surface area contributed by atoms with Crippen LogP contribution in [-0.4, -0.2) is 21.4 Å². The van der Waals surface area contributed by atoms with E-state index in [2.05, 4.69) is 5.32 Å². The summed E-state index contributed by atoms with van der Waals surface area (Å²) in [5, 5.41) is 2.70. The van der Waals surface area contributed by atoms with E-state index in [4.69, 9.17) is 4.42 Å². The van der Waals surface area contributed by atoms with Crippen LogP contribution in [0.4, 0.5) is 5.69 Å². The Labute approximate surface area is 152 Å². The van der Waals surface area contributed by atoms with Crippen LogP contribution < -0.4 is 9.62 Å². The van der Waals surface area contributed by atoms with Gasteiger partial charge in [-0.25, -0.2) is 8.42 Å². The minimum atomic E-state index is -3.77. The van der Waals surface area contributed by atoms with E-state index in [0.29, 0.717) is 11.4 Å². The number of carbonyl (C=O) groups excluding carboxylic acids is 1. The molecule has 0 aliphatic rings. The molecule has 0 spiro atoms. The number of nitrogens with zero attached hydrogens (tertiary/aromatic N) is 1. The van der Waals surface area contributed by atoms with Crippen molar-refractivity contribution in [3.05, 3.63) is 84.3 Å². The third-order valence-corrected chi connectivity index (χ3v) is 5.66. The number of benzene rings is 2. The smallest absolute Gasteiger partial charge is 0.264 e. The van der Waals surface area contributed by atoms with E-state index in [1.807, 2.05) is 6.07 Å². The SMILES string of the molecule is CN(c1ccccc1)S(=O)(=O)c1cccc(C(=O)NCc2ccco2)c1. The second kappa shape index (κ2) is 7.45. The number of nitrogens with one attached hydrogen (secondary N) is 1. The predicted octanol–water partition coefficient (Wildman–Crippen LogP) is 3.03. The van der Waals surface area contributed by atoms with E-state index < -0.39 is 10.0 Å². The van der Waals surface area contributed by atoms with Crippen LogP contribution in [-0.2, 0) is 16.6 Å². The van der Waals surface area contributed by atoms with E-state index in [0.717, 1.165) is 0 Å². The van der Waals surface area contributed by atoms with Gasteiger partial charge in [0.25, 0.3) is 15.9 Å². The molecule has 1 amide bonds. The fourth-order valence-corrected chi connectivity index (χ4v) is 3.66. The zero-order valence-corrected chi connectivity index (χ0v) is 14.9. The zero-order valence-electron chi connectivity index (χ0n) is 14.1. The summed E-state index contributed by atoms with van der Waals surface area (Å²) in [5.41, 5.74) is 0.805. The Balaban J connectivity index is 1.80. The van der Waals surface area contributed by atoms with Gasteiger partial charge in [-0.2, -0.15) is 0 Å². The summed E-state index contributed by atoms with van der Waals surface area (Å²) >= 11 is 0. The van der Waals surface area contributed by atoms with Crippen molar-refractivity contribution in [2.45, 2.75) is 11.4 Å². The Morgan fingerprint density at radius 1 is 1.04 bits per heavy atom. The van der Waals surface area contributed by atoms with Crippen LogP contribution in [0.3, 0.4) is 0 Å². The first-order valence-electron chi connectivity index (χ1n) is 7.93. The van der Waals surface area contributed by atoms with E-state index >= 15 is 0 Å². The first kappa shape index (κ1) is 17.8. The summed E-state index contributed by atoms with van der Waals surface area (Å²) in [6.07, 6.45) is 1.52. The van der Waals surface area contributed by atoms with Crippen molar-refractivity contribution in [3.63, 3.8) is 0 Å². The highest BCUT2D eigenvalue weighted by atomic mass is 32.2. The van der Waals surface area contributed by atoms with Crippen molar-refractivity contribution in [3.8, 4) is 0 Å². The van der Waals surface area contributed by atoms with Gasteiger partial charge in [0.2, 0.25) is 0 Å². The number of hydrogen-bond acceptors (Lipinski definition) is 4. The Morgan fingerprint density at radius 3 is 2.50 bits per heavy atom. The molecule has 134 valence electrons. The first-order valence-corrected chi connectivity index (χ1v) is 9.37. The highest BCUT2D eigenvalue weighted by molar-refractivity contribution is 7.92. The molecule has 0 fully saturated rings. The Hall–Kier alpha value is -3.06. The predicted molar refractivity (Wildman–Crippen MR) is 98.4 cm³/mol. The third-order valence-electron chi connectivity index (χ3n) is 3.88. The molecular weight excluding hydrogens is 352 g/mol. The van der Waals surface area contributed by atoms with Gasteiger partial charge < -0.3 is 9.73 Å². The number of sulfonamides is 1. The standard InChI is InChI=1S/C19H18N2O4S/c1-21(16-8-3-2-4-9-16)26(23,24)18-11-5-7-15(13-18)19(22)20-14-17-10-6-12-25-17/h2-13H,14H2,1H3,(H,20,22). The van der Waals surface area contributed by atoms with Crippen LogP contribution >= 0.6 is 0 Å². The number of amides is 1. The van der Waals surface area contributed by atoms with Crippen molar-refractivity contribution < 1.29 is 17.6 Å². The van der Waals surface area contributed by atoms with Gasteiger partial charge in [-0.05, 0) is 42.5 Å². The van der Waals surface area contributed by atoms with Crippen LogP contribution in [0.25, 0.3) is 0 Å². The summed E-state index contributed by atoms with van der Waals surface area (Å²) < 4.78 is 32.0. The van der Waals surface area contributed by atoms with Gasteiger partial charge in [-0.1, -0.05) is 24.3 Å². The van der Waals surface area contributed by atoms with Crippen LogP contribution in [0.15, 0.2) is 82.3 Å². The van der Waals surface area contributed by atoms with Crippen LogP contribution in [0.2, 0.25) is 0 Å². The third kappa shape index (κ3) is 3.78. The van der Waals surface area contributed by atoms with Gasteiger partial charge in [0.1, 0.15) is 5.76 Å². The van der Waals surface area contributed by atoms with Crippen LogP contribution in [0, 0.1) is 0 Å². The van der Waals surface area contributed by atoms with Gasteiger partial charge in [-0.15, -0.1) is 0 Å². The lowest BCUT2D eigenvalue weighted by molar-refractivity contribution is 0.0948. The molecule has 1 heterocycles. The highest BCUT2D eigenvalue weighted by Gasteiger charge is 2.22. The summed E-state index contributed by atoms with van der Waals surface area (Å²) in [5.74, 6) is 0.242. The van der Waals surface area contributed by atoms with Gasteiger partial charge >= 0.3 is 0 Å². The summed E-state index contributed by atoms with van der Waals surface area (Å²) in [6, 6.07) is 18.2. The molecule has 1 aromatic heterocycles. The Bertz CT molecular complexity index is 983. The maximum absolute atomic E-state index is 12.8. The van der Waals surface area contributed by atoms with E-state index in [-0.39, 0.29) is 22.9 Å².